The van der Waals surface area contributed by atoms with Crippen molar-refractivity contribution in [2.45, 2.75) is 0 Å². The van der Waals surface area contributed by atoms with Crippen LogP contribution < -0.4 is 11.1 Å². The molecule has 0 aromatic carbocycles. The quantitative estimate of drug-likeness (QED) is 0.450. The van der Waals surface area contributed by atoms with E-state index in [2.05, 4.69) is 5.32 Å². The third-order valence-corrected chi connectivity index (χ3v) is 1.63. The number of nitrogens with zero attached hydrogens (tertiary/aromatic N) is 2. The normalized spacial score (nSPS) is 19.8. The second kappa shape index (κ2) is 2.98. The molecule has 51 valence electrons. The van der Waals surface area contributed by atoms with Gasteiger partial charge in [-0.05, 0) is 12.2 Å². The molecule has 0 spiro atoms. The lowest BCUT2D eigenvalue weighted by molar-refractivity contribution is 0.355. The summed E-state index contributed by atoms with van der Waals surface area (Å²) in [7, 11) is 0. The summed E-state index contributed by atoms with van der Waals surface area (Å²) in [5.41, 5.74) is 5.38. The van der Waals surface area contributed by atoms with Gasteiger partial charge in [-0.1, -0.05) is 0 Å². The zero-order chi connectivity index (χ0) is 6.69. The zero-order valence-corrected chi connectivity index (χ0v) is 6.02. The van der Waals surface area contributed by atoms with E-state index in [0.29, 0.717) is 5.11 Å². The van der Waals surface area contributed by atoms with Crippen LogP contribution in [-0.2, 0) is 0 Å². The SMILES string of the molecule is NC(=S)N1CC[N]CC1. The van der Waals surface area contributed by atoms with E-state index in [0.717, 1.165) is 26.2 Å². The highest BCUT2D eigenvalue weighted by Gasteiger charge is 2.09. The zero-order valence-electron chi connectivity index (χ0n) is 5.21. The molecule has 0 saturated carbocycles. The van der Waals surface area contributed by atoms with Crippen LogP contribution in [0.1, 0.15) is 0 Å². The molecule has 0 aromatic heterocycles. The summed E-state index contributed by atoms with van der Waals surface area (Å²) in [4.78, 5) is 1.97. The fourth-order valence-corrected chi connectivity index (χ4v) is 1.01. The average Bonchev–Trinajstić information content (AvgIpc) is 1.90. The maximum atomic E-state index is 5.38. The molecule has 1 saturated heterocycles. The van der Waals surface area contributed by atoms with Crippen molar-refractivity contribution in [3.8, 4) is 0 Å². The van der Waals surface area contributed by atoms with Crippen molar-refractivity contribution in [3.63, 3.8) is 0 Å². The van der Waals surface area contributed by atoms with Crippen molar-refractivity contribution in [3.05, 3.63) is 0 Å². The Balaban J connectivity index is 2.31. The highest BCUT2D eigenvalue weighted by atomic mass is 32.1. The second-order valence-electron chi connectivity index (χ2n) is 2.00. The summed E-state index contributed by atoms with van der Waals surface area (Å²) < 4.78 is 0. The molecule has 0 unspecified atom stereocenters. The molecule has 1 fully saturated rings. The van der Waals surface area contributed by atoms with Gasteiger partial charge in [0.1, 0.15) is 0 Å². The number of piperazine rings is 1. The van der Waals surface area contributed by atoms with Crippen molar-refractivity contribution in [1.29, 1.82) is 0 Å². The van der Waals surface area contributed by atoms with Crippen LogP contribution in [0.25, 0.3) is 0 Å². The van der Waals surface area contributed by atoms with Crippen LogP contribution in [0.5, 0.6) is 0 Å². The average molecular weight is 144 g/mol. The Hall–Kier alpha value is -0.350. The first kappa shape index (κ1) is 6.77. The van der Waals surface area contributed by atoms with E-state index < -0.39 is 0 Å². The molecule has 1 rings (SSSR count). The monoisotopic (exact) mass is 144 g/mol. The van der Waals surface area contributed by atoms with Gasteiger partial charge >= 0.3 is 0 Å². The van der Waals surface area contributed by atoms with Gasteiger partial charge in [0.25, 0.3) is 0 Å². The van der Waals surface area contributed by atoms with Crippen LogP contribution in [-0.4, -0.2) is 36.2 Å². The van der Waals surface area contributed by atoms with E-state index in [1.165, 1.54) is 0 Å². The number of rotatable bonds is 0. The topological polar surface area (TPSA) is 43.4 Å². The van der Waals surface area contributed by atoms with Gasteiger partial charge in [0.05, 0.1) is 0 Å². The smallest absolute Gasteiger partial charge is 0.166 e. The molecule has 0 aromatic rings. The third kappa shape index (κ3) is 1.80. The Kier molecular flexibility index (Phi) is 2.24. The second-order valence-corrected chi connectivity index (χ2v) is 2.41. The summed E-state index contributed by atoms with van der Waals surface area (Å²) in [5, 5.41) is 4.66. The van der Waals surface area contributed by atoms with Gasteiger partial charge < -0.3 is 10.6 Å². The van der Waals surface area contributed by atoms with Gasteiger partial charge in [0.2, 0.25) is 0 Å². The van der Waals surface area contributed by atoms with E-state index in [4.69, 9.17) is 18.0 Å². The Labute approximate surface area is 60.2 Å². The summed E-state index contributed by atoms with van der Waals surface area (Å²) in [6.07, 6.45) is 0. The molecule has 1 aliphatic rings. The summed E-state index contributed by atoms with van der Waals surface area (Å²) >= 11 is 4.78. The van der Waals surface area contributed by atoms with Gasteiger partial charge in [0.15, 0.2) is 5.11 Å². The minimum Gasteiger partial charge on any atom is -0.376 e. The minimum absolute atomic E-state index is 0.505. The summed E-state index contributed by atoms with van der Waals surface area (Å²) in [6.45, 7) is 3.54. The molecular formula is C5H10N3S. The van der Waals surface area contributed by atoms with Crippen molar-refractivity contribution >= 4 is 17.3 Å². The molecule has 1 aliphatic heterocycles. The predicted molar refractivity (Wildman–Crippen MR) is 40.2 cm³/mol. The fraction of sp³-hybridized carbons (Fsp3) is 0.800. The first-order chi connectivity index (χ1) is 4.30. The highest BCUT2D eigenvalue weighted by Crippen LogP contribution is 1.91. The molecule has 1 heterocycles. The lowest BCUT2D eigenvalue weighted by Crippen LogP contribution is -2.46. The standard InChI is InChI=1S/C5H10N3S/c6-5(9)8-3-1-7-2-4-8/h1-4H2,(H2,6,9). The van der Waals surface area contributed by atoms with Crippen LogP contribution in [0.15, 0.2) is 0 Å². The lowest BCUT2D eigenvalue weighted by Gasteiger charge is -2.26. The van der Waals surface area contributed by atoms with Crippen molar-refractivity contribution in [1.82, 2.24) is 10.2 Å². The molecule has 0 atom stereocenters. The number of nitrogens with two attached hydrogens (primary N) is 1. The summed E-state index contributed by atoms with van der Waals surface area (Å²) in [5.74, 6) is 0. The van der Waals surface area contributed by atoms with Gasteiger partial charge in [-0.15, -0.1) is 0 Å². The Morgan fingerprint density at radius 2 is 2.00 bits per heavy atom. The maximum Gasteiger partial charge on any atom is 0.166 e. The number of hydrogen-bond donors (Lipinski definition) is 1. The third-order valence-electron chi connectivity index (χ3n) is 1.37. The number of hydrogen-bond acceptors (Lipinski definition) is 1. The molecular weight excluding hydrogens is 134 g/mol. The Morgan fingerprint density at radius 3 is 2.33 bits per heavy atom. The van der Waals surface area contributed by atoms with Crippen molar-refractivity contribution in [2.24, 2.45) is 5.73 Å². The first-order valence-electron chi connectivity index (χ1n) is 2.98. The van der Waals surface area contributed by atoms with E-state index in [-0.39, 0.29) is 0 Å². The van der Waals surface area contributed by atoms with E-state index in [1.54, 1.807) is 0 Å². The van der Waals surface area contributed by atoms with Crippen LogP contribution in [0, 0.1) is 0 Å². The maximum absolute atomic E-state index is 5.38. The van der Waals surface area contributed by atoms with Crippen molar-refractivity contribution in [2.75, 3.05) is 26.2 Å². The van der Waals surface area contributed by atoms with Crippen LogP contribution in [0.3, 0.4) is 0 Å². The van der Waals surface area contributed by atoms with Crippen LogP contribution >= 0.6 is 12.2 Å². The molecule has 9 heavy (non-hydrogen) atoms. The largest absolute Gasteiger partial charge is 0.376 e. The van der Waals surface area contributed by atoms with Gasteiger partial charge in [-0.3, -0.25) is 0 Å². The van der Waals surface area contributed by atoms with Gasteiger partial charge in [-0.25, -0.2) is 5.32 Å². The van der Waals surface area contributed by atoms with Gasteiger partial charge in [-0.2, -0.15) is 0 Å². The molecule has 3 nitrogen and oxygen atoms in total. The van der Waals surface area contributed by atoms with E-state index in [1.807, 2.05) is 4.90 Å². The summed E-state index contributed by atoms with van der Waals surface area (Å²) in [6, 6.07) is 0. The number of thiocarbonyl (C=S) groups is 1. The lowest BCUT2D eigenvalue weighted by atomic mass is 10.4. The van der Waals surface area contributed by atoms with Crippen LogP contribution in [0.2, 0.25) is 0 Å². The molecule has 0 aliphatic carbocycles. The molecule has 1 radical (unpaired) electrons. The minimum atomic E-state index is 0.505. The molecule has 2 N–H and O–H groups in total. The highest BCUT2D eigenvalue weighted by molar-refractivity contribution is 7.80. The van der Waals surface area contributed by atoms with Crippen molar-refractivity contribution < 1.29 is 0 Å². The van der Waals surface area contributed by atoms with Crippen LogP contribution in [0.4, 0.5) is 0 Å². The fourth-order valence-electron chi connectivity index (χ4n) is 0.827. The molecule has 4 heteroatoms. The predicted octanol–water partition coefficient (Wildman–Crippen LogP) is -0.850. The molecule has 0 bridgehead atoms. The first-order valence-corrected chi connectivity index (χ1v) is 3.39. The van der Waals surface area contributed by atoms with E-state index in [9.17, 15) is 0 Å². The Morgan fingerprint density at radius 1 is 1.44 bits per heavy atom. The molecule has 0 amide bonds. The van der Waals surface area contributed by atoms with E-state index >= 15 is 0 Å². The Bertz CT molecular complexity index is 109. The van der Waals surface area contributed by atoms with Gasteiger partial charge in [0, 0.05) is 26.2 Å².